The number of ether oxygens (including phenoxy) is 1. The van der Waals surface area contributed by atoms with Crippen molar-refractivity contribution >= 4 is 28.8 Å². The summed E-state index contributed by atoms with van der Waals surface area (Å²) in [4.78, 5) is 28.6. The average molecular weight is 464 g/mol. The molecule has 0 saturated carbocycles. The van der Waals surface area contributed by atoms with Crippen LogP contribution in [0.4, 0.5) is 0 Å². The molecule has 1 amide bonds. The maximum absolute atomic E-state index is 13.2. The highest BCUT2D eigenvalue weighted by Gasteiger charge is 2.46. The Bertz CT molecular complexity index is 1200. The number of rotatable bonds is 7. The van der Waals surface area contributed by atoms with Crippen molar-refractivity contribution in [2.75, 3.05) is 6.61 Å². The number of aromatic hydroxyl groups is 1. The van der Waals surface area contributed by atoms with E-state index < -0.39 is 17.7 Å². The number of hydrogen-bond donors (Lipinski definition) is 2. The summed E-state index contributed by atoms with van der Waals surface area (Å²) >= 11 is 1.49. The molecular formula is C26H25NO5S. The Morgan fingerprint density at radius 2 is 1.85 bits per heavy atom. The van der Waals surface area contributed by atoms with E-state index in [1.165, 1.54) is 22.3 Å². The fourth-order valence-electron chi connectivity index (χ4n) is 3.99. The van der Waals surface area contributed by atoms with Gasteiger partial charge in [0.2, 0.25) is 0 Å². The first-order valence-electron chi connectivity index (χ1n) is 10.8. The zero-order chi connectivity index (χ0) is 23.5. The Kier molecular flexibility index (Phi) is 6.51. The van der Waals surface area contributed by atoms with Crippen molar-refractivity contribution < 1.29 is 24.5 Å². The normalized spacial score (nSPS) is 17.5. The number of ketones is 1. The number of phenols is 1. The van der Waals surface area contributed by atoms with Crippen LogP contribution in [0.2, 0.25) is 0 Å². The molecule has 0 aliphatic carbocycles. The average Bonchev–Trinajstić information content (AvgIpc) is 3.43. The van der Waals surface area contributed by atoms with Gasteiger partial charge in [0.05, 0.1) is 24.8 Å². The van der Waals surface area contributed by atoms with Crippen LogP contribution in [-0.4, -0.2) is 33.4 Å². The summed E-state index contributed by atoms with van der Waals surface area (Å²) in [5.41, 5.74) is 2.16. The standard InChI is InChI=1S/C26H25NO5S/c1-3-16-7-9-17(10-8-16)24(29)22-23(18-11-12-20(28)21(14-18)32-4-2)27(26(31)25(22)30)15-19-6-5-13-33-19/h5-14,23,28-29H,3-4,15H2,1-2H3/b24-22-. The molecular weight excluding hydrogens is 438 g/mol. The van der Waals surface area contributed by atoms with Gasteiger partial charge in [0.1, 0.15) is 5.76 Å². The van der Waals surface area contributed by atoms with Gasteiger partial charge in [-0.05, 0) is 48.1 Å². The van der Waals surface area contributed by atoms with E-state index in [2.05, 4.69) is 0 Å². The second-order valence-electron chi connectivity index (χ2n) is 7.72. The molecule has 7 heteroatoms. The number of amides is 1. The lowest BCUT2D eigenvalue weighted by molar-refractivity contribution is -0.140. The van der Waals surface area contributed by atoms with Gasteiger partial charge >= 0.3 is 0 Å². The fourth-order valence-corrected chi connectivity index (χ4v) is 4.69. The molecule has 0 radical (unpaired) electrons. The smallest absolute Gasteiger partial charge is 0.295 e. The van der Waals surface area contributed by atoms with E-state index in [1.54, 1.807) is 31.2 Å². The lowest BCUT2D eigenvalue weighted by atomic mass is 9.94. The molecule has 2 N–H and O–H groups in total. The third-order valence-corrected chi connectivity index (χ3v) is 6.54. The highest BCUT2D eigenvalue weighted by Crippen LogP contribution is 2.42. The summed E-state index contributed by atoms with van der Waals surface area (Å²) in [6.07, 6.45) is 0.847. The number of carbonyl (C=O) groups excluding carboxylic acids is 2. The van der Waals surface area contributed by atoms with Crippen molar-refractivity contribution in [1.82, 2.24) is 4.90 Å². The van der Waals surface area contributed by atoms with Crippen molar-refractivity contribution in [3.05, 3.63) is 87.1 Å². The van der Waals surface area contributed by atoms with Gasteiger partial charge in [0.25, 0.3) is 11.7 Å². The van der Waals surface area contributed by atoms with Gasteiger partial charge in [-0.25, -0.2) is 0 Å². The topological polar surface area (TPSA) is 87.1 Å². The Labute approximate surface area is 196 Å². The van der Waals surface area contributed by atoms with E-state index in [0.29, 0.717) is 17.7 Å². The molecule has 0 spiro atoms. The molecule has 3 aromatic rings. The number of hydrogen-bond acceptors (Lipinski definition) is 6. The molecule has 1 fully saturated rings. The first-order valence-corrected chi connectivity index (χ1v) is 11.7. The fraction of sp³-hybridized carbons (Fsp3) is 0.231. The molecule has 33 heavy (non-hydrogen) atoms. The number of aryl methyl sites for hydroxylation is 1. The van der Waals surface area contributed by atoms with Gasteiger partial charge < -0.3 is 19.8 Å². The Hall–Kier alpha value is -3.58. The van der Waals surface area contributed by atoms with E-state index in [9.17, 15) is 19.8 Å². The zero-order valence-corrected chi connectivity index (χ0v) is 19.3. The van der Waals surface area contributed by atoms with E-state index in [1.807, 2.05) is 36.6 Å². The lowest BCUT2D eigenvalue weighted by Gasteiger charge is -2.25. The first-order chi connectivity index (χ1) is 15.9. The predicted molar refractivity (Wildman–Crippen MR) is 127 cm³/mol. The third-order valence-electron chi connectivity index (χ3n) is 5.68. The first kappa shape index (κ1) is 22.6. The van der Waals surface area contributed by atoms with Gasteiger partial charge in [-0.1, -0.05) is 43.3 Å². The van der Waals surface area contributed by atoms with Crippen LogP contribution in [0.15, 0.2) is 65.6 Å². The van der Waals surface area contributed by atoms with Crippen LogP contribution in [0.3, 0.4) is 0 Å². The number of aliphatic hydroxyl groups excluding tert-OH is 1. The highest BCUT2D eigenvalue weighted by atomic mass is 32.1. The number of phenolic OH excluding ortho intramolecular Hbond substituents is 1. The maximum atomic E-state index is 13.2. The highest BCUT2D eigenvalue weighted by molar-refractivity contribution is 7.09. The minimum absolute atomic E-state index is 0.0222. The molecule has 1 atom stereocenters. The van der Waals surface area contributed by atoms with Crippen molar-refractivity contribution in [3.63, 3.8) is 0 Å². The molecule has 170 valence electrons. The van der Waals surface area contributed by atoms with Crippen molar-refractivity contribution in [1.29, 1.82) is 0 Å². The second-order valence-corrected chi connectivity index (χ2v) is 8.75. The van der Waals surface area contributed by atoms with E-state index in [4.69, 9.17) is 4.74 Å². The number of nitrogens with zero attached hydrogens (tertiary/aromatic N) is 1. The number of Topliss-reactive ketones (excluding diaryl/α,β-unsaturated/α-hetero) is 1. The van der Waals surface area contributed by atoms with Crippen molar-refractivity contribution in [2.24, 2.45) is 0 Å². The summed E-state index contributed by atoms with van der Waals surface area (Å²) < 4.78 is 5.52. The van der Waals surface area contributed by atoms with Gasteiger partial charge in [-0.2, -0.15) is 0 Å². The Balaban J connectivity index is 1.87. The van der Waals surface area contributed by atoms with Crippen molar-refractivity contribution in [2.45, 2.75) is 32.9 Å². The van der Waals surface area contributed by atoms with Crippen molar-refractivity contribution in [3.8, 4) is 11.5 Å². The SMILES string of the molecule is CCOc1cc(C2/C(=C(/O)c3ccc(CC)cc3)C(=O)C(=O)N2Cc2cccs2)ccc1O. The van der Waals surface area contributed by atoms with Crippen LogP contribution in [0.5, 0.6) is 11.5 Å². The largest absolute Gasteiger partial charge is 0.507 e. The number of thiophene rings is 1. The van der Waals surface area contributed by atoms with E-state index >= 15 is 0 Å². The van der Waals surface area contributed by atoms with E-state index in [-0.39, 0.29) is 29.4 Å². The van der Waals surface area contributed by atoms with Gasteiger partial charge in [-0.15, -0.1) is 11.3 Å². The quantitative estimate of drug-likeness (QED) is 0.291. The summed E-state index contributed by atoms with van der Waals surface area (Å²) in [5.74, 6) is -1.42. The molecule has 1 saturated heterocycles. The minimum atomic E-state index is -0.822. The minimum Gasteiger partial charge on any atom is -0.507 e. The van der Waals surface area contributed by atoms with Crippen LogP contribution in [-0.2, 0) is 22.6 Å². The number of carbonyl (C=O) groups is 2. The van der Waals surface area contributed by atoms with Crippen LogP contribution in [0, 0.1) is 0 Å². The molecule has 0 bridgehead atoms. The molecule has 6 nitrogen and oxygen atoms in total. The van der Waals surface area contributed by atoms with Gasteiger partial charge in [-0.3, -0.25) is 9.59 Å². The maximum Gasteiger partial charge on any atom is 0.295 e. The van der Waals surface area contributed by atoms with Gasteiger partial charge in [0, 0.05) is 10.4 Å². The van der Waals surface area contributed by atoms with Crippen LogP contribution in [0.25, 0.3) is 5.76 Å². The summed E-state index contributed by atoms with van der Waals surface area (Å²) in [6, 6.07) is 15.0. The molecule has 2 aromatic carbocycles. The molecule has 1 aliphatic heterocycles. The Morgan fingerprint density at radius 1 is 1.09 bits per heavy atom. The van der Waals surface area contributed by atoms with Crippen LogP contribution < -0.4 is 4.74 Å². The number of benzene rings is 2. The molecule has 1 aromatic heterocycles. The van der Waals surface area contributed by atoms with Crippen LogP contribution in [0.1, 0.15) is 41.5 Å². The number of likely N-dealkylation sites (tertiary alicyclic amines) is 1. The summed E-state index contributed by atoms with van der Waals surface area (Å²) in [6.45, 7) is 4.40. The zero-order valence-electron chi connectivity index (χ0n) is 18.4. The molecule has 1 aliphatic rings. The predicted octanol–water partition coefficient (Wildman–Crippen LogP) is 5.04. The Morgan fingerprint density at radius 3 is 2.48 bits per heavy atom. The second kappa shape index (κ2) is 9.50. The summed E-state index contributed by atoms with van der Waals surface area (Å²) in [5, 5.41) is 23.2. The monoisotopic (exact) mass is 463 g/mol. The van der Waals surface area contributed by atoms with Gasteiger partial charge in [0.15, 0.2) is 11.5 Å². The third kappa shape index (κ3) is 4.36. The summed E-state index contributed by atoms with van der Waals surface area (Å²) in [7, 11) is 0. The van der Waals surface area contributed by atoms with E-state index in [0.717, 1.165) is 16.9 Å². The molecule has 4 rings (SSSR count). The molecule has 1 unspecified atom stereocenters. The number of aliphatic hydroxyl groups is 1. The van der Waals surface area contributed by atoms with Crippen LogP contribution >= 0.6 is 11.3 Å². The lowest BCUT2D eigenvalue weighted by Crippen LogP contribution is -2.28. The molecule has 2 heterocycles.